The number of hydrogen-bond donors (Lipinski definition) is 0. The lowest BCUT2D eigenvalue weighted by molar-refractivity contribution is 0.0300. The van der Waals surface area contributed by atoms with Crippen LogP contribution in [0.15, 0.2) is 24.3 Å². The molecule has 1 fully saturated rings. The lowest BCUT2D eigenvalue weighted by Gasteiger charge is -2.26. The Morgan fingerprint density at radius 1 is 1.30 bits per heavy atom. The Kier molecular flexibility index (Phi) is 5.48. The van der Waals surface area contributed by atoms with E-state index in [1.54, 1.807) is 7.11 Å². The minimum absolute atomic E-state index is 0.243. The van der Waals surface area contributed by atoms with E-state index in [0.717, 1.165) is 55.1 Å². The summed E-state index contributed by atoms with van der Waals surface area (Å²) in [4.78, 5) is 15.1. The molecule has 0 amide bonds. The maximum Gasteiger partial charge on any atom is 0.348 e. The van der Waals surface area contributed by atoms with Crippen molar-refractivity contribution in [3.63, 3.8) is 0 Å². The van der Waals surface area contributed by atoms with Crippen LogP contribution in [0.5, 0.6) is 5.75 Å². The van der Waals surface area contributed by atoms with Gasteiger partial charge in [0.05, 0.1) is 26.9 Å². The molecule has 1 aliphatic rings. The Hall–Kier alpha value is -1.63. The van der Waals surface area contributed by atoms with Crippen LogP contribution < -0.4 is 4.74 Å². The van der Waals surface area contributed by atoms with Crippen LogP contribution in [0.4, 0.5) is 0 Å². The molecule has 2 heterocycles. The molecule has 23 heavy (non-hydrogen) atoms. The summed E-state index contributed by atoms with van der Waals surface area (Å²) in [5.41, 5.74) is 0. The quantitative estimate of drug-likeness (QED) is 0.600. The topological polar surface area (TPSA) is 48.0 Å². The third-order valence-electron chi connectivity index (χ3n) is 3.88. The summed E-state index contributed by atoms with van der Waals surface area (Å²) in [7, 11) is 1.64. The molecule has 0 radical (unpaired) electrons. The van der Waals surface area contributed by atoms with Gasteiger partial charge in [0.15, 0.2) is 0 Å². The first kappa shape index (κ1) is 16.2. The third kappa shape index (κ3) is 4.22. The Morgan fingerprint density at radius 3 is 2.91 bits per heavy atom. The summed E-state index contributed by atoms with van der Waals surface area (Å²) >= 11 is 1.44. The molecule has 124 valence electrons. The zero-order valence-corrected chi connectivity index (χ0v) is 14.1. The molecule has 1 aliphatic heterocycles. The zero-order valence-electron chi connectivity index (χ0n) is 13.2. The van der Waals surface area contributed by atoms with Crippen molar-refractivity contribution >= 4 is 27.4 Å². The van der Waals surface area contributed by atoms with Crippen molar-refractivity contribution in [3.8, 4) is 5.75 Å². The molecular formula is C17H21NO4S. The van der Waals surface area contributed by atoms with Crippen molar-refractivity contribution in [1.29, 1.82) is 0 Å². The second-order valence-corrected chi connectivity index (χ2v) is 6.54. The monoisotopic (exact) mass is 335 g/mol. The second-order valence-electron chi connectivity index (χ2n) is 5.46. The highest BCUT2D eigenvalue weighted by atomic mass is 32.1. The molecule has 1 saturated heterocycles. The molecule has 2 aromatic rings. The van der Waals surface area contributed by atoms with Gasteiger partial charge in [-0.15, -0.1) is 11.3 Å². The Bertz CT molecular complexity index is 664. The van der Waals surface area contributed by atoms with Crippen LogP contribution >= 0.6 is 11.3 Å². The minimum atomic E-state index is -0.243. The molecule has 0 saturated carbocycles. The number of methoxy groups -OCH3 is 1. The second kappa shape index (κ2) is 7.77. The lowest BCUT2D eigenvalue weighted by Crippen LogP contribution is -2.37. The maximum absolute atomic E-state index is 12.1. The van der Waals surface area contributed by atoms with Crippen LogP contribution in [0.1, 0.15) is 16.1 Å². The van der Waals surface area contributed by atoms with Crippen LogP contribution in [0.2, 0.25) is 0 Å². The van der Waals surface area contributed by atoms with Gasteiger partial charge in [0.1, 0.15) is 10.6 Å². The predicted octanol–water partition coefficient (Wildman–Crippen LogP) is 2.79. The number of nitrogens with zero attached hydrogens (tertiary/aromatic N) is 1. The fourth-order valence-corrected chi connectivity index (χ4v) is 3.57. The Balaban J connectivity index is 1.49. The van der Waals surface area contributed by atoms with Crippen molar-refractivity contribution in [2.75, 3.05) is 46.6 Å². The van der Waals surface area contributed by atoms with Crippen molar-refractivity contribution in [3.05, 3.63) is 29.1 Å². The number of morpholine rings is 1. The van der Waals surface area contributed by atoms with E-state index in [4.69, 9.17) is 14.2 Å². The molecule has 1 aromatic heterocycles. The number of hydrogen-bond acceptors (Lipinski definition) is 6. The molecule has 0 atom stereocenters. The number of fused-ring (bicyclic) bond motifs is 1. The number of esters is 1. The van der Waals surface area contributed by atoms with Crippen molar-refractivity contribution in [2.45, 2.75) is 6.42 Å². The van der Waals surface area contributed by atoms with Gasteiger partial charge in [0.25, 0.3) is 0 Å². The maximum atomic E-state index is 12.1. The molecule has 0 N–H and O–H groups in total. The van der Waals surface area contributed by atoms with Gasteiger partial charge in [-0.3, -0.25) is 4.90 Å². The number of carbonyl (C=O) groups is 1. The summed E-state index contributed by atoms with van der Waals surface area (Å²) in [6, 6.07) is 7.67. The number of rotatable bonds is 6. The average molecular weight is 335 g/mol. The number of carbonyl (C=O) groups excluding carboxylic acids is 1. The normalized spacial score (nSPS) is 15.7. The Labute approximate surface area is 139 Å². The third-order valence-corrected chi connectivity index (χ3v) is 4.96. The first-order valence-corrected chi connectivity index (χ1v) is 8.63. The standard InChI is InChI=1S/C17H21NO4S/c1-20-14-4-3-13-11-16(23-15(13)12-14)17(19)22-8-2-5-18-6-9-21-10-7-18/h3-4,11-12H,2,5-10H2,1H3. The first-order valence-electron chi connectivity index (χ1n) is 7.81. The molecule has 0 aliphatic carbocycles. The average Bonchev–Trinajstić information content (AvgIpc) is 3.02. The van der Waals surface area contributed by atoms with Crippen LogP contribution in [0.3, 0.4) is 0 Å². The number of benzene rings is 1. The smallest absolute Gasteiger partial charge is 0.348 e. The fraction of sp³-hybridized carbons (Fsp3) is 0.471. The summed E-state index contributed by atoms with van der Waals surface area (Å²) in [6.07, 6.45) is 0.852. The van der Waals surface area contributed by atoms with Gasteiger partial charge in [-0.05, 0) is 36.1 Å². The molecule has 0 spiro atoms. The molecule has 0 bridgehead atoms. The molecule has 6 heteroatoms. The van der Waals surface area contributed by atoms with E-state index in [1.807, 2.05) is 24.3 Å². The van der Waals surface area contributed by atoms with Crippen molar-refractivity contribution in [2.24, 2.45) is 0 Å². The van der Waals surface area contributed by atoms with Gasteiger partial charge in [-0.2, -0.15) is 0 Å². The first-order chi connectivity index (χ1) is 11.3. The van der Waals surface area contributed by atoms with Gasteiger partial charge < -0.3 is 14.2 Å². The van der Waals surface area contributed by atoms with Crippen LogP contribution in [0.25, 0.3) is 10.1 Å². The highest BCUT2D eigenvalue weighted by Crippen LogP contribution is 2.29. The van der Waals surface area contributed by atoms with Crippen LogP contribution in [-0.2, 0) is 9.47 Å². The molecule has 5 nitrogen and oxygen atoms in total. The molecule has 1 aromatic carbocycles. The van der Waals surface area contributed by atoms with Gasteiger partial charge in [0.2, 0.25) is 0 Å². The largest absolute Gasteiger partial charge is 0.497 e. The summed E-state index contributed by atoms with van der Waals surface area (Å²) in [6.45, 7) is 4.92. The SMILES string of the molecule is COc1ccc2cc(C(=O)OCCCN3CCOCC3)sc2c1. The van der Waals surface area contributed by atoms with E-state index in [-0.39, 0.29) is 5.97 Å². The molecule has 3 rings (SSSR count). The van der Waals surface area contributed by atoms with E-state index in [1.165, 1.54) is 11.3 Å². The fourth-order valence-electron chi connectivity index (χ4n) is 2.59. The van der Waals surface area contributed by atoms with Gasteiger partial charge in [0, 0.05) is 24.3 Å². The lowest BCUT2D eigenvalue weighted by atomic mass is 10.2. The van der Waals surface area contributed by atoms with E-state index >= 15 is 0 Å². The van der Waals surface area contributed by atoms with E-state index in [9.17, 15) is 4.79 Å². The van der Waals surface area contributed by atoms with Crippen LogP contribution in [0, 0.1) is 0 Å². The van der Waals surface area contributed by atoms with E-state index < -0.39 is 0 Å². The molecule has 0 unspecified atom stereocenters. The number of thiophene rings is 1. The van der Waals surface area contributed by atoms with Gasteiger partial charge in [-0.25, -0.2) is 4.79 Å². The summed E-state index contributed by atoms with van der Waals surface area (Å²) < 4.78 is 16.9. The van der Waals surface area contributed by atoms with Gasteiger partial charge >= 0.3 is 5.97 Å². The van der Waals surface area contributed by atoms with E-state index in [2.05, 4.69) is 4.90 Å². The minimum Gasteiger partial charge on any atom is -0.497 e. The van der Waals surface area contributed by atoms with Crippen molar-refractivity contribution < 1.29 is 19.0 Å². The van der Waals surface area contributed by atoms with Crippen LogP contribution in [-0.4, -0.2) is 57.4 Å². The Morgan fingerprint density at radius 2 is 2.13 bits per heavy atom. The highest BCUT2D eigenvalue weighted by Gasteiger charge is 2.13. The van der Waals surface area contributed by atoms with Gasteiger partial charge in [-0.1, -0.05) is 0 Å². The number of ether oxygens (including phenoxy) is 3. The summed E-state index contributed by atoms with van der Waals surface area (Å²) in [5, 5.41) is 1.04. The highest BCUT2D eigenvalue weighted by molar-refractivity contribution is 7.20. The molecular weight excluding hydrogens is 314 g/mol. The zero-order chi connectivity index (χ0) is 16.1. The summed E-state index contributed by atoms with van der Waals surface area (Å²) in [5.74, 6) is 0.553. The van der Waals surface area contributed by atoms with Crippen molar-refractivity contribution in [1.82, 2.24) is 4.90 Å². The predicted molar refractivity (Wildman–Crippen MR) is 90.5 cm³/mol. The van der Waals surface area contributed by atoms with E-state index in [0.29, 0.717) is 11.5 Å².